The molecule has 2 atom stereocenters. The molecule has 3 rings (SSSR count). The highest BCUT2D eigenvalue weighted by molar-refractivity contribution is 6.01. The molecule has 1 N–H and O–H groups in total. The Morgan fingerprint density at radius 2 is 2.08 bits per heavy atom. The number of aromatic nitrogens is 2. The highest BCUT2D eigenvalue weighted by Crippen LogP contribution is 2.26. The van der Waals surface area contributed by atoms with Gasteiger partial charge in [0.25, 0.3) is 0 Å². The fraction of sp³-hybridized carbons (Fsp3) is 0.333. The average Bonchev–Trinajstić information content (AvgIpc) is 2.88. The van der Waals surface area contributed by atoms with E-state index >= 15 is 0 Å². The van der Waals surface area contributed by atoms with E-state index in [0.717, 1.165) is 11.4 Å². The van der Waals surface area contributed by atoms with Crippen LogP contribution < -0.4 is 10.2 Å². The summed E-state index contributed by atoms with van der Waals surface area (Å²) >= 11 is 0. The van der Waals surface area contributed by atoms with Gasteiger partial charge in [-0.15, -0.1) is 0 Å². The summed E-state index contributed by atoms with van der Waals surface area (Å²) in [5.74, 6) is -0.192. The molecule has 2 amide bonds. The Bertz CT molecular complexity index is 705. The maximum absolute atomic E-state index is 12.6. The van der Waals surface area contributed by atoms with Crippen molar-refractivity contribution in [2.75, 3.05) is 4.90 Å². The number of hydrogen-bond donors (Lipinski definition) is 1. The number of nitrogens with zero attached hydrogens (tertiary/aromatic N) is 3. The topological polar surface area (TPSA) is 75.2 Å². The molecule has 6 heteroatoms. The van der Waals surface area contributed by atoms with Gasteiger partial charge in [0, 0.05) is 36.7 Å². The SMILES string of the molecule is C[C@@H]1C[C@H](NC(=O)CCc2cnccn2)C(=O)N1c1ccccc1. The Morgan fingerprint density at radius 1 is 1.29 bits per heavy atom. The van der Waals surface area contributed by atoms with Crippen LogP contribution in [0, 0.1) is 0 Å². The minimum atomic E-state index is -0.463. The van der Waals surface area contributed by atoms with Crippen LogP contribution >= 0.6 is 0 Å². The van der Waals surface area contributed by atoms with Gasteiger partial charge in [0.05, 0.1) is 5.69 Å². The van der Waals surface area contributed by atoms with Gasteiger partial charge in [-0.05, 0) is 31.9 Å². The zero-order valence-electron chi connectivity index (χ0n) is 13.6. The summed E-state index contributed by atoms with van der Waals surface area (Å²) < 4.78 is 0. The molecule has 2 aromatic rings. The Labute approximate surface area is 140 Å². The number of aryl methyl sites for hydroxylation is 1. The van der Waals surface area contributed by atoms with Gasteiger partial charge >= 0.3 is 0 Å². The van der Waals surface area contributed by atoms with E-state index in [0.29, 0.717) is 19.3 Å². The first-order valence-electron chi connectivity index (χ1n) is 8.07. The van der Waals surface area contributed by atoms with Crippen LogP contribution in [-0.2, 0) is 16.0 Å². The van der Waals surface area contributed by atoms with Gasteiger partial charge in [-0.3, -0.25) is 19.6 Å². The Balaban J connectivity index is 1.58. The van der Waals surface area contributed by atoms with Crippen LogP contribution in [0.15, 0.2) is 48.9 Å². The van der Waals surface area contributed by atoms with E-state index in [1.807, 2.05) is 37.3 Å². The number of nitrogens with one attached hydrogen (secondary N) is 1. The molecular formula is C18H20N4O2. The van der Waals surface area contributed by atoms with Crippen molar-refractivity contribution >= 4 is 17.5 Å². The summed E-state index contributed by atoms with van der Waals surface area (Å²) in [5.41, 5.74) is 1.64. The van der Waals surface area contributed by atoms with Crippen LogP contribution in [0.1, 0.15) is 25.5 Å². The number of anilines is 1. The van der Waals surface area contributed by atoms with E-state index in [1.54, 1.807) is 23.5 Å². The highest BCUT2D eigenvalue weighted by Gasteiger charge is 2.38. The summed E-state index contributed by atoms with van der Waals surface area (Å²) in [6, 6.07) is 9.14. The molecule has 2 heterocycles. The summed E-state index contributed by atoms with van der Waals surface area (Å²) in [6.07, 6.45) is 6.27. The maximum Gasteiger partial charge on any atom is 0.249 e. The quantitative estimate of drug-likeness (QED) is 0.909. The van der Waals surface area contributed by atoms with Crippen molar-refractivity contribution in [3.8, 4) is 0 Å². The molecule has 0 saturated carbocycles. The number of carbonyl (C=O) groups is 2. The number of carbonyl (C=O) groups excluding carboxylic acids is 2. The second-order valence-corrected chi connectivity index (χ2v) is 5.95. The number of benzene rings is 1. The van der Waals surface area contributed by atoms with Crippen molar-refractivity contribution in [1.82, 2.24) is 15.3 Å². The fourth-order valence-corrected chi connectivity index (χ4v) is 2.99. The molecule has 6 nitrogen and oxygen atoms in total. The predicted molar refractivity (Wildman–Crippen MR) is 90.3 cm³/mol. The van der Waals surface area contributed by atoms with Gasteiger partial charge in [-0.1, -0.05) is 18.2 Å². The van der Waals surface area contributed by atoms with Gasteiger partial charge < -0.3 is 10.2 Å². The molecule has 1 aromatic heterocycles. The number of rotatable bonds is 5. The minimum Gasteiger partial charge on any atom is -0.344 e. The molecule has 1 fully saturated rings. The molecule has 1 saturated heterocycles. The Morgan fingerprint density at radius 3 is 2.79 bits per heavy atom. The van der Waals surface area contributed by atoms with Crippen LogP contribution in [0.2, 0.25) is 0 Å². The first-order valence-corrected chi connectivity index (χ1v) is 8.07. The number of para-hydroxylation sites is 1. The smallest absolute Gasteiger partial charge is 0.249 e. The van der Waals surface area contributed by atoms with Gasteiger partial charge in [-0.2, -0.15) is 0 Å². The van der Waals surface area contributed by atoms with Gasteiger partial charge in [0.15, 0.2) is 0 Å². The number of hydrogen-bond acceptors (Lipinski definition) is 4. The minimum absolute atomic E-state index is 0.0541. The molecule has 124 valence electrons. The summed E-state index contributed by atoms with van der Waals surface area (Å²) in [5, 5.41) is 2.85. The number of amides is 2. The zero-order valence-corrected chi connectivity index (χ0v) is 13.6. The summed E-state index contributed by atoms with van der Waals surface area (Å²) in [4.78, 5) is 34.6. The lowest BCUT2D eigenvalue weighted by Gasteiger charge is -2.21. The Kier molecular flexibility index (Phi) is 4.84. The Hall–Kier alpha value is -2.76. The summed E-state index contributed by atoms with van der Waals surface area (Å²) in [7, 11) is 0. The monoisotopic (exact) mass is 324 g/mol. The van der Waals surface area contributed by atoms with Crippen LogP contribution in [0.25, 0.3) is 0 Å². The van der Waals surface area contributed by atoms with E-state index in [9.17, 15) is 9.59 Å². The second-order valence-electron chi connectivity index (χ2n) is 5.95. The average molecular weight is 324 g/mol. The third-order valence-corrected chi connectivity index (χ3v) is 4.15. The fourth-order valence-electron chi connectivity index (χ4n) is 2.99. The standard InChI is InChI=1S/C18H20N4O2/c1-13-11-16(18(24)22(13)15-5-3-2-4-6-15)21-17(23)8-7-14-12-19-9-10-20-14/h2-6,9-10,12-13,16H,7-8,11H2,1H3,(H,21,23)/t13-,16+/m1/s1. The van der Waals surface area contributed by atoms with E-state index in [1.165, 1.54) is 0 Å². The van der Waals surface area contributed by atoms with Gasteiger partial charge in [-0.25, -0.2) is 0 Å². The van der Waals surface area contributed by atoms with Gasteiger partial charge in [0.2, 0.25) is 11.8 Å². The molecule has 24 heavy (non-hydrogen) atoms. The van der Waals surface area contributed by atoms with Crippen molar-refractivity contribution in [1.29, 1.82) is 0 Å². The van der Waals surface area contributed by atoms with E-state index in [2.05, 4.69) is 15.3 Å². The highest BCUT2D eigenvalue weighted by atomic mass is 16.2. The van der Waals surface area contributed by atoms with E-state index in [-0.39, 0.29) is 17.9 Å². The zero-order chi connectivity index (χ0) is 16.9. The lowest BCUT2D eigenvalue weighted by atomic mass is 10.1. The van der Waals surface area contributed by atoms with Crippen molar-refractivity contribution < 1.29 is 9.59 Å². The molecule has 0 radical (unpaired) electrons. The first kappa shape index (κ1) is 16.1. The first-order chi connectivity index (χ1) is 11.6. The predicted octanol–water partition coefficient (Wildman–Crippen LogP) is 1.72. The van der Waals surface area contributed by atoms with Crippen LogP contribution in [0.3, 0.4) is 0 Å². The van der Waals surface area contributed by atoms with Crippen molar-refractivity contribution in [2.45, 2.75) is 38.3 Å². The second kappa shape index (κ2) is 7.21. The van der Waals surface area contributed by atoms with Crippen molar-refractivity contribution in [3.63, 3.8) is 0 Å². The molecule has 0 aliphatic carbocycles. The largest absolute Gasteiger partial charge is 0.344 e. The lowest BCUT2D eigenvalue weighted by molar-refractivity contribution is -0.126. The normalized spacial score (nSPS) is 20.2. The third-order valence-electron chi connectivity index (χ3n) is 4.15. The lowest BCUT2D eigenvalue weighted by Crippen LogP contribution is -2.42. The van der Waals surface area contributed by atoms with Gasteiger partial charge in [0.1, 0.15) is 6.04 Å². The molecule has 1 aromatic carbocycles. The van der Waals surface area contributed by atoms with Crippen LogP contribution in [0.5, 0.6) is 0 Å². The maximum atomic E-state index is 12.6. The molecule has 0 unspecified atom stereocenters. The van der Waals surface area contributed by atoms with Crippen LogP contribution in [-0.4, -0.2) is 33.9 Å². The van der Waals surface area contributed by atoms with E-state index in [4.69, 9.17) is 0 Å². The molecule has 1 aliphatic rings. The van der Waals surface area contributed by atoms with E-state index < -0.39 is 6.04 Å². The third kappa shape index (κ3) is 3.59. The molecular weight excluding hydrogens is 304 g/mol. The summed E-state index contributed by atoms with van der Waals surface area (Å²) in [6.45, 7) is 2.00. The van der Waals surface area contributed by atoms with Crippen LogP contribution in [0.4, 0.5) is 5.69 Å². The molecule has 1 aliphatic heterocycles. The molecule has 0 spiro atoms. The van der Waals surface area contributed by atoms with Crippen molar-refractivity contribution in [3.05, 3.63) is 54.6 Å². The molecule has 0 bridgehead atoms. The van der Waals surface area contributed by atoms with Crippen molar-refractivity contribution in [2.24, 2.45) is 0 Å².